The highest BCUT2D eigenvalue weighted by molar-refractivity contribution is 5.53. The summed E-state index contributed by atoms with van der Waals surface area (Å²) in [5.41, 5.74) is 1.93. The van der Waals surface area contributed by atoms with Gasteiger partial charge >= 0.3 is 0 Å². The molecule has 0 aliphatic heterocycles. The standard InChI is InChI=1S/C13H23N3O/c1-4-13(5-2,10-17)9-16-12-6-11(14-3)7-15-8-12/h6-8,14,16-17H,4-5,9-10H2,1-3H3. The van der Waals surface area contributed by atoms with Crippen LogP contribution in [-0.2, 0) is 0 Å². The quantitative estimate of drug-likeness (QED) is 0.681. The molecular weight excluding hydrogens is 214 g/mol. The van der Waals surface area contributed by atoms with E-state index in [0.29, 0.717) is 0 Å². The van der Waals surface area contributed by atoms with Gasteiger partial charge in [-0.3, -0.25) is 4.98 Å². The molecule has 0 aromatic carbocycles. The van der Waals surface area contributed by atoms with Crippen LogP contribution in [0.25, 0.3) is 0 Å². The molecule has 1 rings (SSSR count). The molecule has 96 valence electrons. The molecule has 0 radical (unpaired) electrons. The van der Waals surface area contributed by atoms with Crippen LogP contribution >= 0.6 is 0 Å². The zero-order valence-electron chi connectivity index (χ0n) is 11.0. The molecule has 1 aromatic heterocycles. The number of nitrogens with zero attached hydrogens (tertiary/aromatic N) is 1. The van der Waals surface area contributed by atoms with Crippen molar-refractivity contribution in [2.24, 2.45) is 5.41 Å². The Balaban J connectivity index is 2.65. The first-order valence-corrected chi connectivity index (χ1v) is 6.17. The summed E-state index contributed by atoms with van der Waals surface area (Å²) >= 11 is 0. The fraction of sp³-hybridized carbons (Fsp3) is 0.615. The van der Waals surface area contributed by atoms with E-state index in [9.17, 15) is 5.11 Å². The van der Waals surface area contributed by atoms with Crippen LogP contribution in [0, 0.1) is 5.41 Å². The monoisotopic (exact) mass is 237 g/mol. The minimum absolute atomic E-state index is 0.0321. The van der Waals surface area contributed by atoms with Gasteiger partial charge in [0.15, 0.2) is 0 Å². The smallest absolute Gasteiger partial charge is 0.0547 e. The van der Waals surface area contributed by atoms with E-state index in [1.807, 2.05) is 13.1 Å². The lowest BCUT2D eigenvalue weighted by Crippen LogP contribution is -2.32. The van der Waals surface area contributed by atoms with Crippen molar-refractivity contribution >= 4 is 11.4 Å². The van der Waals surface area contributed by atoms with Crippen molar-refractivity contribution in [3.8, 4) is 0 Å². The van der Waals surface area contributed by atoms with Crippen LogP contribution in [0.5, 0.6) is 0 Å². The molecule has 1 heterocycles. The lowest BCUT2D eigenvalue weighted by Gasteiger charge is -2.30. The van der Waals surface area contributed by atoms with Crippen molar-refractivity contribution in [3.05, 3.63) is 18.5 Å². The van der Waals surface area contributed by atoms with Crippen LogP contribution in [0.1, 0.15) is 26.7 Å². The lowest BCUT2D eigenvalue weighted by molar-refractivity contribution is 0.127. The van der Waals surface area contributed by atoms with E-state index in [-0.39, 0.29) is 12.0 Å². The summed E-state index contributed by atoms with van der Waals surface area (Å²) in [4.78, 5) is 4.15. The number of aliphatic hydroxyl groups excluding tert-OH is 1. The van der Waals surface area contributed by atoms with Crippen LogP contribution in [0.3, 0.4) is 0 Å². The van der Waals surface area contributed by atoms with Crippen molar-refractivity contribution in [1.29, 1.82) is 0 Å². The average molecular weight is 237 g/mol. The number of aliphatic hydroxyl groups is 1. The third kappa shape index (κ3) is 3.60. The highest BCUT2D eigenvalue weighted by atomic mass is 16.3. The van der Waals surface area contributed by atoms with Gasteiger partial charge in [-0.05, 0) is 18.9 Å². The Morgan fingerprint density at radius 2 is 1.88 bits per heavy atom. The van der Waals surface area contributed by atoms with Gasteiger partial charge < -0.3 is 15.7 Å². The summed E-state index contributed by atoms with van der Waals surface area (Å²) in [7, 11) is 1.87. The Kier molecular flexibility index (Phi) is 5.22. The van der Waals surface area contributed by atoms with Gasteiger partial charge in [-0.15, -0.1) is 0 Å². The fourth-order valence-corrected chi connectivity index (χ4v) is 1.74. The summed E-state index contributed by atoms with van der Waals surface area (Å²) in [6.07, 6.45) is 5.51. The lowest BCUT2D eigenvalue weighted by atomic mass is 9.83. The van der Waals surface area contributed by atoms with Gasteiger partial charge in [-0.1, -0.05) is 13.8 Å². The van der Waals surface area contributed by atoms with E-state index in [2.05, 4.69) is 29.5 Å². The molecule has 0 saturated heterocycles. The average Bonchev–Trinajstić information content (AvgIpc) is 2.41. The van der Waals surface area contributed by atoms with Gasteiger partial charge in [0.2, 0.25) is 0 Å². The van der Waals surface area contributed by atoms with Crippen molar-refractivity contribution in [1.82, 2.24) is 4.98 Å². The largest absolute Gasteiger partial charge is 0.396 e. The molecule has 0 fully saturated rings. The zero-order valence-corrected chi connectivity index (χ0v) is 11.0. The second-order valence-corrected chi connectivity index (χ2v) is 4.43. The number of hydrogen-bond donors (Lipinski definition) is 3. The molecule has 0 aliphatic rings. The van der Waals surface area contributed by atoms with E-state index in [1.54, 1.807) is 12.4 Å². The minimum atomic E-state index is -0.0321. The van der Waals surface area contributed by atoms with Gasteiger partial charge in [0, 0.05) is 19.0 Å². The van der Waals surface area contributed by atoms with Gasteiger partial charge in [0.1, 0.15) is 0 Å². The molecule has 3 N–H and O–H groups in total. The molecule has 0 bridgehead atoms. The van der Waals surface area contributed by atoms with E-state index in [1.165, 1.54) is 0 Å². The van der Waals surface area contributed by atoms with E-state index >= 15 is 0 Å². The Morgan fingerprint density at radius 1 is 1.24 bits per heavy atom. The van der Waals surface area contributed by atoms with Crippen LogP contribution in [0.2, 0.25) is 0 Å². The number of hydrogen-bond acceptors (Lipinski definition) is 4. The third-order valence-electron chi connectivity index (χ3n) is 3.53. The number of nitrogens with one attached hydrogen (secondary N) is 2. The van der Waals surface area contributed by atoms with Crippen LogP contribution in [0.4, 0.5) is 11.4 Å². The summed E-state index contributed by atoms with van der Waals surface area (Å²) in [6, 6.07) is 2.01. The maximum atomic E-state index is 9.49. The first-order valence-electron chi connectivity index (χ1n) is 6.17. The van der Waals surface area contributed by atoms with Gasteiger partial charge in [0.25, 0.3) is 0 Å². The number of rotatable bonds is 7. The van der Waals surface area contributed by atoms with E-state index in [0.717, 1.165) is 30.8 Å². The Bertz CT molecular complexity index is 329. The molecule has 1 aromatic rings. The van der Waals surface area contributed by atoms with Crippen molar-refractivity contribution < 1.29 is 5.11 Å². The highest BCUT2D eigenvalue weighted by Crippen LogP contribution is 2.26. The molecular formula is C13H23N3O. The van der Waals surface area contributed by atoms with Gasteiger partial charge in [0.05, 0.1) is 30.4 Å². The summed E-state index contributed by atoms with van der Waals surface area (Å²) in [6.45, 7) is 5.21. The highest BCUT2D eigenvalue weighted by Gasteiger charge is 2.24. The molecule has 0 atom stereocenters. The fourth-order valence-electron chi connectivity index (χ4n) is 1.74. The first-order chi connectivity index (χ1) is 8.19. The predicted octanol–water partition coefficient (Wildman–Crippen LogP) is 2.33. The SMILES string of the molecule is CCC(CC)(CO)CNc1cncc(NC)c1. The normalized spacial score (nSPS) is 11.3. The van der Waals surface area contributed by atoms with Gasteiger partial charge in [-0.25, -0.2) is 0 Å². The number of pyridine rings is 1. The molecule has 0 unspecified atom stereocenters. The maximum absolute atomic E-state index is 9.49. The van der Waals surface area contributed by atoms with Crippen LogP contribution in [0.15, 0.2) is 18.5 Å². The second-order valence-electron chi connectivity index (χ2n) is 4.43. The van der Waals surface area contributed by atoms with Crippen molar-refractivity contribution in [2.75, 3.05) is 30.8 Å². The zero-order chi connectivity index (χ0) is 12.7. The molecule has 4 nitrogen and oxygen atoms in total. The summed E-state index contributed by atoms with van der Waals surface area (Å²) in [5, 5.41) is 15.9. The molecule has 0 amide bonds. The molecule has 4 heteroatoms. The molecule has 0 aliphatic carbocycles. The Morgan fingerprint density at radius 3 is 2.41 bits per heavy atom. The molecule has 0 spiro atoms. The molecule has 0 saturated carbocycles. The minimum Gasteiger partial charge on any atom is -0.396 e. The Labute approximate surface area is 103 Å². The number of anilines is 2. The summed E-state index contributed by atoms with van der Waals surface area (Å²) < 4.78 is 0. The molecule has 17 heavy (non-hydrogen) atoms. The van der Waals surface area contributed by atoms with Crippen molar-refractivity contribution in [2.45, 2.75) is 26.7 Å². The topological polar surface area (TPSA) is 57.2 Å². The summed E-state index contributed by atoms with van der Waals surface area (Å²) in [5.74, 6) is 0. The van der Waals surface area contributed by atoms with E-state index in [4.69, 9.17) is 0 Å². The Hall–Kier alpha value is -1.29. The van der Waals surface area contributed by atoms with Crippen LogP contribution in [-0.4, -0.2) is 30.3 Å². The van der Waals surface area contributed by atoms with E-state index < -0.39 is 0 Å². The predicted molar refractivity (Wildman–Crippen MR) is 72.4 cm³/mol. The van der Waals surface area contributed by atoms with Crippen LogP contribution < -0.4 is 10.6 Å². The second kappa shape index (κ2) is 6.45. The van der Waals surface area contributed by atoms with Gasteiger partial charge in [-0.2, -0.15) is 0 Å². The maximum Gasteiger partial charge on any atom is 0.0547 e. The van der Waals surface area contributed by atoms with Crippen molar-refractivity contribution in [3.63, 3.8) is 0 Å². The third-order valence-corrected chi connectivity index (χ3v) is 3.53. The first kappa shape index (κ1) is 13.8. The number of aromatic nitrogens is 1.